The van der Waals surface area contributed by atoms with Crippen molar-refractivity contribution >= 4 is 18.8 Å². The molecule has 2 N–H and O–H groups in total. The molecule has 2 atom stereocenters. The van der Waals surface area contributed by atoms with Gasteiger partial charge in [-0.3, -0.25) is 4.57 Å². The molecule has 1 fully saturated rings. The summed E-state index contributed by atoms with van der Waals surface area (Å²) < 4.78 is 17.5. The van der Waals surface area contributed by atoms with Crippen LogP contribution in [0.15, 0.2) is 24.3 Å². The van der Waals surface area contributed by atoms with E-state index in [9.17, 15) is 4.57 Å². The number of anilines is 2. The maximum atomic E-state index is 12.3. The van der Waals surface area contributed by atoms with Crippen LogP contribution in [0.1, 0.15) is 6.92 Å². The van der Waals surface area contributed by atoms with Gasteiger partial charge in [0.05, 0.1) is 17.5 Å². The topological polar surface area (TPSA) is 53.7 Å². The smallest absolute Gasteiger partial charge is 0.288 e. The predicted molar refractivity (Wildman–Crippen MR) is 55.6 cm³/mol. The number of nitrogens with one attached hydrogen (secondary N) is 2. The van der Waals surface area contributed by atoms with Crippen molar-refractivity contribution in [2.75, 3.05) is 10.2 Å². The van der Waals surface area contributed by atoms with Crippen LogP contribution < -0.4 is 10.2 Å². The van der Waals surface area contributed by atoms with Crippen molar-refractivity contribution in [2.45, 2.75) is 18.9 Å². The van der Waals surface area contributed by atoms with Crippen LogP contribution in [-0.4, -0.2) is 11.9 Å². The summed E-state index contributed by atoms with van der Waals surface area (Å²) in [6.07, 6.45) is 0.0927. The van der Waals surface area contributed by atoms with Gasteiger partial charge in [-0.05, 0) is 19.1 Å². The molecule has 1 unspecified atom stereocenters. The molecule has 1 aromatic carbocycles. The van der Waals surface area contributed by atoms with Crippen LogP contribution in [-0.2, 0) is 9.30 Å². The van der Waals surface area contributed by atoms with Crippen LogP contribution in [0.4, 0.5) is 11.4 Å². The second kappa shape index (κ2) is 2.53. The fraction of sp³-hybridized carbons (Fsp3) is 0.333. The number of fused-ring (bicyclic) bond motifs is 1. The van der Waals surface area contributed by atoms with Crippen molar-refractivity contribution in [1.82, 2.24) is 0 Å². The van der Waals surface area contributed by atoms with Crippen LogP contribution >= 0.6 is 7.44 Å². The van der Waals surface area contributed by atoms with Crippen molar-refractivity contribution in [1.29, 1.82) is 0 Å². The first-order valence-electron chi connectivity index (χ1n) is 4.60. The molecule has 5 heteroatoms. The Hall–Kier alpha value is -0.990. The first-order valence-corrected chi connectivity index (χ1v) is 6.37. The summed E-state index contributed by atoms with van der Waals surface area (Å²) in [6.45, 7) is 1.93. The Morgan fingerprint density at radius 1 is 1.29 bits per heavy atom. The molecule has 1 saturated heterocycles. The SMILES string of the molecule is CC1O[C@H]1P1(=O)Nc2ccccc2N1. The van der Waals surface area contributed by atoms with Crippen molar-refractivity contribution in [3.63, 3.8) is 0 Å². The minimum absolute atomic E-state index is 0.0927. The van der Waals surface area contributed by atoms with E-state index in [2.05, 4.69) is 10.2 Å². The van der Waals surface area contributed by atoms with Gasteiger partial charge in [-0.15, -0.1) is 0 Å². The third-order valence-electron chi connectivity index (χ3n) is 2.54. The molecule has 2 heterocycles. The molecule has 2 aliphatic heterocycles. The van der Waals surface area contributed by atoms with Crippen molar-refractivity contribution in [3.8, 4) is 0 Å². The fourth-order valence-corrected chi connectivity index (χ4v) is 4.12. The summed E-state index contributed by atoms with van der Waals surface area (Å²) in [4.78, 5) is 0. The zero-order valence-electron chi connectivity index (χ0n) is 7.73. The second-order valence-corrected chi connectivity index (χ2v) is 5.93. The Kier molecular flexibility index (Phi) is 1.50. The summed E-state index contributed by atoms with van der Waals surface area (Å²) in [6, 6.07) is 7.66. The lowest BCUT2D eigenvalue weighted by Gasteiger charge is -2.09. The maximum Gasteiger partial charge on any atom is 0.288 e. The van der Waals surface area contributed by atoms with E-state index >= 15 is 0 Å². The third kappa shape index (κ3) is 1.08. The molecule has 14 heavy (non-hydrogen) atoms. The van der Waals surface area contributed by atoms with Gasteiger partial charge >= 0.3 is 0 Å². The van der Waals surface area contributed by atoms with E-state index in [-0.39, 0.29) is 11.9 Å². The molecular formula is C9H11N2O2P. The van der Waals surface area contributed by atoms with Gasteiger partial charge in [-0.2, -0.15) is 0 Å². The molecule has 0 bridgehead atoms. The lowest BCUT2D eigenvalue weighted by Crippen LogP contribution is -2.04. The molecule has 0 radical (unpaired) electrons. The van der Waals surface area contributed by atoms with Gasteiger partial charge in [-0.25, -0.2) is 0 Å². The van der Waals surface area contributed by atoms with E-state index in [1.807, 2.05) is 31.2 Å². The fourth-order valence-electron chi connectivity index (χ4n) is 1.75. The quantitative estimate of drug-likeness (QED) is 0.552. The highest BCUT2D eigenvalue weighted by Gasteiger charge is 2.52. The van der Waals surface area contributed by atoms with Crippen molar-refractivity contribution in [3.05, 3.63) is 24.3 Å². The van der Waals surface area contributed by atoms with Gasteiger partial charge in [0.1, 0.15) is 0 Å². The Labute approximate surface area is 82.1 Å². The summed E-state index contributed by atoms with van der Waals surface area (Å²) in [5.41, 5.74) is 1.80. The van der Waals surface area contributed by atoms with E-state index in [1.54, 1.807) is 0 Å². The lowest BCUT2D eigenvalue weighted by atomic mass is 10.3. The third-order valence-corrected chi connectivity index (χ3v) is 4.94. The Bertz CT molecular complexity index is 406. The van der Waals surface area contributed by atoms with E-state index in [0.717, 1.165) is 11.4 Å². The summed E-state index contributed by atoms with van der Waals surface area (Å²) in [5.74, 6) is -0.171. The molecule has 0 aromatic heterocycles. The predicted octanol–water partition coefficient (Wildman–Crippen LogP) is 2.46. The number of rotatable bonds is 1. The average Bonchev–Trinajstić information content (AvgIpc) is 2.79. The highest BCUT2D eigenvalue weighted by atomic mass is 31.2. The monoisotopic (exact) mass is 210 g/mol. The lowest BCUT2D eigenvalue weighted by molar-refractivity contribution is 0.406. The largest absolute Gasteiger partial charge is 0.358 e. The van der Waals surface area contributed by atoms with Gasteiger partial charge in [0, 0.05) is 0 Å². The van der Waals surface area contributed by atoms with Crippen LogP contribution in [0.2, 0.25) is 0 Å². The first kappa shape index (κ1) is 8.33. The highest BCUT2D eigenvalue weighted by molar-refractivity contribution is 7.68. The minimum Gasteiger partial charge on any atom is -0.358 e. The average molecular weight is 210 g/mol. The second-order valence-electron chi connectivity index (χ2n) is 3.66. The summed E-state index contributed by atoms with van der Waals surface area (Å²) in [7, 11) is -2.59. The molecule has 0 saturated carbocycles. The van der Waals surface area contributed by atoms with E-state index in [1.165, 1.54) is 0 Å². The molecule has 4 nitrogen and oxygen atoms in total. The highest BCUT2D eigenvalue weighted by Crippen LogP contribution is 2.63. The van der Waals surface area contributed by atoms with Gasteiger partial charge in [-0.1, -0.05) is 12.1 Å². The molecule has 1 aromatic rings. The van der Waals surface area contributed by atoms with Crippen molar-refractivity contribution in [2.24, 2.45) is 0 Å². The zero-order chi connectivity index (χ0) is 9.76. The number of benzene rings is 1. The number of hydrogen-bond donors (Lipinski definition) is 2. The molecule has 0 spiro atoms. The first-order chi connectivity index (χ1) is 6.69. The van der Waals surface area contributed by atoms with Crippen LogP contribution in [0.3, 0.4) is 0 Å². The zero-order valence-corrected chi connectivity index (χ0v) is 8.62. The van der Waals surface area contributed by atoms with Crippen LogP contribution in [0, 0.1) is 0 Å². The van der Waals surface area contributed by atoms with Gasteiger partial charge in [0.2, 0.25) is 0 Å². The molecule has 0 amide bonds. The Morgan fingerprint density at radius 3 is 2.21 bits per heavy atom. The Morgan fingerprint density at radius 2 is 1.79 bits per heavy atom. The van der Waals surface area contributed by atoms with Crippen molar-refractivity contribution < 1.29 is 9.30 Å². The molecular weight excluding hydrogens is 199 g/mol. The number of para-hydroxylation sites is 2. The van der Waals surface area contributed by atoms with Crippen LogP contribution in [0.25, 0.3) is 0 Å². The van der Waals surface area contributed by atoms with Crippen LogP contribution in [0.5, 0.6) is 0 Å². The number of hydrogen-bond acceptors (Lipinski definition) is 2. The van der Waals surface area contributed by atoms with Gasteiger partial charge in [0.25, 0.3) is 7.44 Å². The van der Waals surface area contributed by atoms with E-state index in [0.29, 0.717) is 0 Å². The van der Waals surface area contributed by atoms with E-state index in [4.69, 9.17) is 4.74 Å². The normalized spacial score (nSPS) is 31.5. The summed E-state index contributed by atoms with van der Waals surface area (Å²) >= 11 is 0. The Balaban J connectivity index is 1.94. The van der Waals surface area contributed by atoms with E-state index < -0.39 is 7.44 Å². The maximum absolute atomic E-state index is 12.3. The minimum atomic E-state index is -2.59. The van der Waals surface area contributed by atoms with Gasteiger partial charge < -0.3 is 14.9 Å². The summed E-state index contributed by atoms with van der Waals surface area (Å²) in [5, 5.41) is 6.05. The number of epoxide rings is 1. The molecule has 3 rings (SSSR count). The molecule has 2 aliphatic rings. The molecule has 74 valence electrons. The molecule has 0 aliphatic carbocycles. The van der Waals surface area contributed by atoms with Gasteiger partial charge in [0.15, 0.2) is 5.85 Å². The number of ether oxygens (including phenoxy) is 1. The standard InChI is InChI=1S/C9H11N2O2P/c1-6-9(13-6)14(12)10-7-4-2-3-5-8(7)11-14/h2-6,9H,1H3,(H2,10,11,12)/t6?,9-/m0/s1.